The molecule has 1 rings (SSSR count). The molecule has 1 aliphatic carbocycles. The number of aliphatic hydroxyl groups is 2. The van der Waals surface area contributed by atoms with Gasteiger partial charge in [0.05, 0.1) is 25.4 Å². The summed E-state index contributed by atoms with van der Waals surface area (Å²) in [5.74, 6) is -1.81. The van der Waals surface area contributed by atoms with Crippen LogP contribution in [0.1, 0.15) is 123 Å². The molecule has 0 radical (unpaired) electrons. The lowest BCUT2D eigenvalue weighted by molar-refractivity contribution is -0.161. The summed E-state index contributed by atoms with van der Waals surface area (Å²) in [5, 5.41) is 20.6. The van der Waals surface area contributed by atoms with Crippen molar-refractivity contribution < 1.29 is 52.6 Å². The Kier molecular flexibility index (Phi) is 30.1. The normalized spacial score (nSPS) is 20.0. The van der Waals surface area contributed by atoms with Crippen LogP contribution in [0.25, 0.3) is 0 Å². The van der Waals surface area contributed by atoms with E-state index < -0.39 is 44.7 Å². The third-order valence-corrected chi connectivity index (χ3v) is 9.93. The smallest absolute Gasteiger partial charge is 0.462 e. The van der Waals surface area contributed by atoms with Gasteiger partial charge in [-0.15, -0.1) is 0 Å². The van der Waals surface area contributed by atoms with Crippen molar-refractivity contribution in [2.24, 2.45) is 17.6 Å². The average Bonchev–Trinajstić information content (AvgIpc) is 3.44. The molecule has 6 atom stereocenters. The second kappa shape index (κ2) is 33.1. The third kappa shape index (κ3) is 26.8. The lowest BCUT2D eigenvalue weighted by atomic mass is 9.90. The fourth-order valence-electron chi connectivity index (χ4n) is 5.84. The number of esters is 2. The molecule has 5 N–H and O–H groups in total. The highest BCUT2D eigenvalue weighted by molar-refractivity contribution is 7.47. The summed E-state index contributed by atoms with van der Waals surface area (Å²) in [6.45, 7) is 3.12. The number of hydrogen-bond donors (Lipinski definition) is 4. The molecule has 0 aromatic heterocycles. The predicted octanol–water partition coefficient (Wildman–Crippen LogP) is 8.08. The Morgan fingerprint density at radius 2 is 1.48 bits per heavy atom. The number of phosphoric acid groups is 1. The first-order valence-corrected chi connectivity index (χ1v) is 22.0. The number of ketones is 1. The maximum absolute atomic E-state index is 12.6. The fraction of sp³-hybridized carbons (Fsp3) is 0.651. The standard InChI is InChI=1S/C43H70NO11P/c1-3-5-7-8-9-10-11-12-13-14-15-16-17-18-24-28-43(49)55-37(35-54-56(50,51)53-32-31-44)34-52-42(48)27-23-20-19-22-26-38-39(41(47)33-40(38)46)30-29-36(45)25-21-6-4-2/h5,7,9-10,12-13,15-16,19,22,29-30,36-39,41,45,47H,3-4,6,8,11,14,17-18,20-21,23-28,31-35,44H2,1-2H3,(H,50,51)/b7-5-,10-9-,13-12-,16-15-,22-19-,30-29+/t36-,37+,38+,39+,41+/m0/s1. The number of hydrogen-bond acceptors (Lipinski definition) is 11. The lowest BCUT2D eigenvalue weighted by Crippen LogP contribution is -2.29. The van der Waals surface area contributed by atoms with E-state index in [4.69, 9.17) is 24.3 Å². The molecule has 12 nitrogen and oxygen atoms in total. The number of Topliss-reactive ketones (excluding diaryl/α,β-unsaturated/α-hetero) is 1. The van der Waals surface area contributed by atoms with Crippen LogP contribution in [0.15, 0.2) is 72.9 Å². The number of nitrogens with two attached hydrogens (primary N) is 1. The van der Waals surface area contributed by atoms with E-state index in [-0.39, 0.29) is 56.6 Å². The number of aliphatic hydroxyl groups excluding tert-OH is 2. The highest BCUT2D eigenvalue weighted by Gasteiger charge is 2.39. The summed E-state index contributed by atoms with van der Waals surface area (Å²) in [6.07, 6.45) is 33.1. The number of ether oxygens (including phenoxy) is 2. The first-order valence-electron chi connectivity index (χ1n) is 20.5. The van der Waals surface area contributed by atoms with Crippen LogP contribution in [-0.2, 0) is 37.5 Å². The molecule has 0 heterocycles. The zero-order valence-electron chi connectivity index (χ0n) is 33.8. The summed E-state index contributed by atoms with van der Waals surface area (Å²) >= 11 is 0. The first kappa shape index (κ1) is 51.1. The van der Waals surface area contributed by atoms with E-state index in [0.717, 1.165) is 57.8 Å². The second-order valence-electron chi connectivity index (χ2n) is 13.9. The molecule has 0 amide bonds. The summed E-state index contributed by atoms with van der Waals surface area (Å²) in [4.78, 5) is 47.5. The number of phosphoric ester groups is 1. The van der Waals surface area contributed by atoms with Gasteiger partial charge in [0.1, 0.15) is 12.4 Å². The summed E-state index contributed by atoms with van der Waals surface area (Å²) in [6, 6.07) is 0. The molecule has 0 aromatic carbocycles. The van der Waals surface area contributed by atoms with Crippen LogP contribution in [0.5, 0.6) is 0 Å². The Labute approximate surface area is 335 Å². The molecule has 0 bridgehead atoms. The van der Waals surface area contributed by atoms with Gasteiger partial charge >= 0.3 is 19.8 Å². The van der Waals surface area contributed by atoms with Gasteiger partial charge in [-0.1, -0.05) is 106 Å². The van der Waals surface area contributed by atoms with Crippen molar-refractivity contribution in [2.75, 3.05) is 26.4 Å². The molecule has 318 valence electrons. The van der Waals surface area contributed by atoms with Crippen molar-refractivity contribution in [2.45, 2.75) is 141 Å². The molecule has 13 heteroatoms. The second-order valence-corrected chi connectivity index (χ2v) is 15.4. The van der Waals surface area contributed by atoms with E-state index in [1.54, 1.807) is 12.2 Å². The Morgan fingerprint density at radius 3 is 2.16 bits per heavy atom. The van der Waals surface area contributed by atoms with Crippen LogP contribution in [0, 0.1) is 11.8 Å². The van der Waals surface area contributed by atoms with Gasteiger partial charge in [-0.25, -0.2) is 4.57 Å². The van der Waals surface area contributed by atoms with Crippen LogP contribution in [-0.4, -0.2) is 77.5 Å². The lowest BCUT2D eigenvalue weighted by Gasteiger charge is -2.19. The maximum Gasteiger partial charge on any atom is 0.472 e. The fourth-order valence-corrected chi connectivity index (χ4v) is 6.60. The molecular weight excluding hydrogens is 737 g/mol. The van der Waals surface area contributed by atoms with E-state index in [0.29, 0.717) is 32.1 Å². The van der Waals surface area contributed by atoms with Crippen molar-refractivity contribution in [1.82, 2.24) is 0 Å². The summed E-state index contributed by atoms with van der Waals surface area (Å²) < 4.78 is 32.6. The van der Waals surface area contributed by atoms with Gasteiger partial charge in [-0.3, -0.25) is 23.4 Å². The van der Waals surface area contributed by atoms with E-state index in [2.05, 4.69) is 62.5 Å². The Balaban J connectivity index is 2.48. The van der Waals surface area contributed by atoms with Gasteiger partial charge < -0.3 is 30.3 Å². The van der Waals surface area contributed by atoms with Crippen molar-refractivity contribution in [1.29, 1.82) is 0 Å². The predicted molar refractivity (Wildman–Crippen MR) is 220 cm³/mol. The highest BCUT2D eigenvalue weighted by atomic mass is 31.2. The van der Waals surface area contributed by atoms with E-state index in [1.807, 2.05) is 12.2 Å². The van der Waals surface area contributed by atoms with Gasteiger partial charge in [0.25, 0.3) is 0 Å². The highest BCUT2D eigenvalue weighted by Crippen LogP contribution is 2.43. The van der Waals surface area contributed by atoms with E-state index in [1.165, 1.54) is 0 Å². The quantitative estimate of drug-likeness (QED) is 0.0216. The van der Waals surface area contributed by atoms with Crippen LogP contribution in [0.3, 0.4) is 0 Å². The molecule has 0 saturated heterocycles. The average molecular weight is 808 g/mol. The van der Waals surface area contributed by atoms with Crippen LogP contribution >= 0.6 is 7.82 Å². The molecule has 1 aliphatic rings. The molecule has 0 aromatic rings. The molecule has 1 saturated carbocycles. The van der Waals surface area contributed by atoms with E-state index >= 15 is 0 Å². The monoisotopic (exact) mass is 807 g/mol. The Bertz CT molecular complexity index is 1310. The van der Waals surface area contributed by atoms with Crippen LogP contribution in [0.4, 0.5) is 0 Å². The van der Waals surface area contributed by atoms with Crippen molar-refractivity contribution in [3.63, 3.8) is 0 Å². The largest absolute Gasteiger partial charge is 0.472 e. The van der Waals surface area contributed by atoms with Gasteiger partial charge in [0.2, 0.25) is 0 Å². The van der Waals surface area contributed by atoms with Gasteiger partial charge in [0.15, 0.2) is 6.10 Å². The minimum atomic E-state index is -4.46. The van der Waals surface area contributed by atoms with Gasteiger partial charge in [-0.05, 0) is 70.6 Å². The topological polar surface area (TPSA) is 192 Å². The number of unbranched alkanes of at least 4 members (excludes halogenated alkanes) is 5. The van der Waals surface area contributed by atoms with Crippen LogP contribution in [0.2, 0.25) is 0 Å². The zero-order valence-corrected chi connectivity index (χ0v) is 34.7. The Hall–Kier alpha value is -2.96. The molecule has 0 spiro atoms. The first-order chi connectivity index (χ1) is 27.0. The summed E-state index contributed by atoms with van der Waals surface area (Å²) in [7, 11) is -4.46. The van der Waals surface area contributed by atoms with Crippen molar-refractivity contribution in [3.8, 4) is 0 Å². The SMILES string of the molecule is CC/C=C\C/C=C\C/C=C\C/C=C\CCCCC(=O)O[C@H](COC(=O)CCC/C=C\C[C@H]1C(=O)C[C@@H](O)[C@@H]1/C=C/[C@@H](O)CCCCC)COP(=O)(O)OCCN. The minimum absolute atomic E-state index is 0.00396. The molecule has 56 heavy (non-hydrogen) atoms. The third-order valence-electron chi connectivity index (χ3n) is 8.94. The minimum Gasteiger partial charge on any atom is -0.462 e. The van der Waals surface area contributed by atoms with Crippen LogP contribution < -0.4 is 5.73 Å². The molecular formula is C43H70NO11P. The number of carbonyl (C=O) groups is 3. The van der Waals surface area contributed by atoms with Crippen molar-refractivity contribution >= 4 is 25.5 Å². The maximum atomic E-state index is 12.6. The molecule has 1 fully saturated rings. The molecule has 1 unspecified atom stereocenters. The van der Waals surface area contributed by atoms with E-state index in [9.17, 15) is 34.1 Å². The number of allylic oxidation sites excluding steroid dienone is 10. The summed E-state index contributed by atoms with van der Waals surface area (Å²) in [5.41, 5.74) is 5.33. The molecule has 0 aliphatic heterocycles. The Morgan fingerprint density at radius 1 is 0.839 bits per heavy atom. The zero-order chi connectivity index (χ0) is 41.3. The number of rotatable bonds is 33. The number of carbonyl (C=O) groups excluding carboxylic acids is 3. The van der Waals surface area contributed by atoms with Gasteiger partial charge in [0, 0.05) is 37.6 Å². The van der Waals surface area contributed by atoms with Gasteiger partial charge in [-0.2, -0.15) is 0 Å². The van der Waals surface area contributed by atoms with Crippen molar-refractivity contribution in [3.05, 3.63) is 72.9 Å².